The Bertz CT molecular complexity index is 444. The number of hydrogen-bond acceptors (Lipinski definition) is 3. The molecule has 0 unspecified atom stereocenters. The molecule has 1 heterocycles. The molecule has 1 aromatic rings. The van der Waals surface area contributed by atoms with Crippen LogP contribution in [-0.2, 0) is 0 Å². The minimum atomic E-state index is 0.516. The Balaban J connectivity index is 2.45. The second kappa shape index (κ2) is 4.16. The highest BCUT2D eigenvalue weighted by Crippen LogP contribution is 2.41. The highest BCUT2D eigenvalue weighted by molar-refractivity contribution is 6.11. The predicted molar refractivity (Wildman–Crippen MR) is 65.0 cm³/mol. The molecule has 16 heavy (non-hydrogen) atoms. The highest BCUT2D eigenvalue weighted by Gasteiger charge is 2.30. The van der Waals surface area contributed by atoms with Gasteiger partial charge in [0.1, 0.15) is 6.33 Å². The van der Waals surface area contributed by atoms with Gasteiger partial charge in [-0.15, -0.1) is 0 Å². The Morgan fingerprint density at radius 2 is 2.19 bits per heavy atom. The Morgan fingerprint density at radius 3 is 2.75 bits per heavy atom. The molecular weight excluding hydrogens is 198 g/mol. The summed E-state index contributed by atoms with van der Waals surface area (Å²) in [7, 11) is 0. The zero-order valence-electron chi connectivity index (χ0n) is 9.88. The van der Waals surface area contributed by atoms with Crippen molar-refractivity contribution in [3.63, 3.8) is 0 Å². The maximum atomic E-state index is 8.16. The molecule has 0 spiro atoms. The summed E-state index contributed by atoms with van der Waals surface area (Å²) in [5.41, 5.74) is 4.24. The van der Waals surface area contributed by atoms with Gasteiger partial charge in [-0.3, -0.25) is 5.41 Å². The van der Waals surface area contributed by atoms with E-state index in [-0.39, 0.29) is 0 Å². The van der Waals surface area contributed by atoms with Crippen molar-refractivity contribution in [2.75, 3.05) is 0 Å². The smallest absolute Gasteiger partial charge is 0.115 e. The first-order chi connectivity index (χ1) is 7.65. The Kier molecular flexibility index (Phi) is 2.86. The van der Waals surface area contributed by atoms with E-state index in [0.29, 0.717) is 11.6 Å². The topological polar surface area (TPSA) is 49.6 Å². The van der Waals surface area contributed by atoms with E-state index in [0.717, 1.165) is 28.9 Å². The molecule has 2 rings (SSSR count). The van der Waals surface area contributed by atoms with E-state index in [1.165, 1.54) is 12.8 Å². The van der Waals surface area contributed by atoms with Crippen LogP contribution in [0.25, 0.3) is 0 Å². The van der Waals surface area contributed by atoms with Crippen molar-refractivity contribution >= 4 is 5.71 Å². The Hall–Kier alpha value is -1.51. The van der Waals surface area contributed by atoms with Crippen molar-refractivity contribution in [3.8, 4) is 0 Å². The molecule has 0 saturated heterocycles. The van der Waals surface area contributed by atoms with Crippen LogP contribution >= 0.6 is 0 Å². The molecule has 1 aromatic heterocycles. The second-order valence-corrected chi connectivity index (χ2v) is 4.33. The molecule has 1 saturated carbocycles. The van der Waals surface area contributed by atoms with E-state index >= 15 is 0 Å². The lowest BCUT2D eigenvalue weighted by molar-refractivity contribution is 0.953. The fourth-order valence-electron chi connectivity index (χ4n) is 1.82. The van der Waals surface area contributed by atoms with Crippen molar-refractivity contribution in [3.05, 3.63) is 35.4 Å². The van der Waals surface area contributed by atoms with Crippen LogP contribution in [-0.4, -0.2) is 15.7 Å². The van der Waals surface area contributed by atoms with Crippen molar-refractivity contribution in [1.82, 2.24) is 9.97 Å². The first-order valence-corrected chi connectivity index (χ1v) is 5.73. The van der Waals surface area contributed by atoms with Gasteiger partial charge in [-0.25, -0.2) is 9.97 Å². The number of nitrogens with one attached hydrogen (secondary N) is 1. The van der Waals surface area contributed by atoms with Gasteiger partial charge < -0.3 is 0 Å². The summed E-state index contributed by atoms with van der Waals surface area (Å²) in [5.74, 6) is 0.543. The number of nitrogens with zero attached hydrogens (tertiary/aromatic N) is 2. The lowest BCUT2D eigenvalue weighted by atomic mass is 9.97. The molecule has 0 aromatic carbocycles. The molecule has 0 radical (unpaired) electrons. The molecule has 3 heteroatoms. The fraction of sp³-hybridized carbons (Fsp3) is 0.462. The van der Waals surface area contributed by atoms with Gasteiger partial charge in [0.05, 0.1) is 17.1 Å². The highest BCUT2D eigenvalue weighted by atomic mass is 14.9. The predicted octanol–water partition coefficient (Wildman–Crippen LogP) is 3.00. The molecule has 1 N–H and O–H groups in total. The average Bonchev–Trinajstić information content (AvgIpc) is 3.10. The van der Waals surface area contributed by atoms with Gasteiger partial charge >= 0.3 is 0 Å². The van der Waals surface area contributed by atoms with Crippen LogP contribution in [0.15, 0.2) is 18.5 Å². The van der Waals surface area contributed by atoms with Crippen LogP contribution < -0.4 is 0 Å². The van der Waals surface area contributed by atoms with E-state index in [9.17, 15) is 0 Å². The third kappa shape index (κ3) is 1.90. The van der Waals surface area contributed by atoms with Gasteiger partial charge in [0.15, 0.2) is 0 Å². The third-order valence-electron chi connectivity index (χ3n) is 3.06. The first kappa shape index (κ1) is 11.0. The molecule has 3 nitrogen and oxygen atoms in total. The number of hydrogen-bond donors (Lipinski definition) is 1. The normalized spacial score (nSPS) is 14.9. The largest absolute Gasteiger partial charge is 0.300 e. The Morgan fingerprint density at radius 1 is 1.50 bits per heavy atom. The maximum absolute atomic E-state index is 8.16. The summed E-state index contributed by atoms with van der Waals surface area (Å²) in [6.07, 6.45) is 4.79. The summed E-state index contributed by atoms with van der Waals surface area (Å²) in [6, 6.07) is 0. The quantitative estimate of drug-likeness (QED) is 0.785. The average molecular weight is 215 g/mol. The van der Waals surface area contributed by atoms with Gasteiger partial charge in [0.2, 0.25) is 0 Å². The number of aryl methyl sites for hydroxylation is 1. The first-order valence-electron chi connectivity index (χ1n) is 5.73. The summed E-state index contributed by atoms with van der Waals surface area (Å²) >= 11 is 0. The summed E-state index contributed by atoms with van der Waals surface area (Å²) < 4.78 is 0. The van der Waals surface area contributed by atoms with Gasteiger partial charge in [-0.05, 0) is 31.8 Å². The SMILES string of the molecule is C=C(CC)C(=N)c1c(C)ncnc1C1CC1. The minimum Gasteiger partial charge on any atom is -0.300 e. The molecule has 1 aliphatic carbocycles. The van der Waals surface area contributed by atoms with Crippen LogP contribution in [0.1, 0.15) is 49.1 Å². The van der Waals surface area contributed by atoms with Crippen molar-refractivity contribution < 1.29 is 0 Å². The zero-order valence-corrected chi connectivity index (χ0v) is 9.88. The monoisotopic (exact) mass is 215 g/mol. The zero-order chi connectivity index (χ0) is 11.7. The van der Waals surface area contributed by atoms with Crippen LogP contribution in [0.3, 0.4) is 0 Å². The van der Waals surface area contributed by atoms with Crippen molar-refractivity contribution in [2.24, 2.45) is 0 Å². The summed E-state index contributed by atoms with van der Waals surface area (Å²) in [5, 5.41) is 8.16. The fourth-order valence-corrected chi connectivity index (χ4v) is 1.82. The van der Waals surface area contributed by atoms with Gasteiger partial charge in [-0.2, -0.15) is 0 Å². The molecule has 84 valence electrons. The van der Waals surface area contributed by atoms with Crippen LogP contribution in [0.4, 0.5) is 0 Å². The molecule has 0 bridgehead atoms. The molecule has 1 aliphatic rings. The molecule has 0 aliphatic heterocycles. The van der Waals surface area contributed by atoms with E-state index in [1.807, 2.05) is 13.8 Å². The number of allylic oxidation sites excluding steroid dienone is 1. The van der Waals surface area contributed by atoms with E-state index in [1.54, 1.807) is 6.33 Å². The van der Waals surface area contributed by atoms with E-state index in [2.05, 4.69) is 16.5 Å². The molecule has 0 amide bonds. The van der Waals surface area contributed by atoms with E-state index < -0.39 is 0 Å². The number of rotatable bonds is 4. The lowest BCUT2D eigenvalue weighted by Crippen LogP contribution is -2.11. The van der Waals surface area contributed by atoms with Gasteiger partial charge in [0, 0.05) is 11.5 Å². The van der Waals surface area contributed by atoms with E-state index in [4.69, 9.17) is 5.41 Å². The van der Waals surface area contributed by atoms with Gasteiger partial charge in [-0.1, -0.05) is 13.5 Å². The van der Waals surface area contributed by atoms with Crippen LogP contribution in [0.2, 0.25) is 0 Å². The lowest BCUT2D eigenvalue weighted by Gasteiger charge is -2.12. The molecular formula is C13H17N3. The molecule has 0 atom stereocenters. The summed E-state index contributed by atoms with van der Waals surface area (Å²) in [4.78, 5) is 8.54. The Labute approximate surface area is 96.1 Å². The minimum absolute atomic E-state index is 0.516. The van der Waals surface area contributed by atoms with Crippen molar-refractivity contribution in [1.29, 1.82) is 5.41 Å². The van der Waals surface area contributed by atoms with Crippen LogP contribution in [0.5, 0.6) is 0 Å². The maximum Gasteiger partial charge on any atom is 0.115 e. The van der Waals surface area contributed by atoms with Crippen molar-refractivity contribution in [2.45, 2.75) is 39.0 Å². The summed E-state index contributed by atoms with van der Waals surface area (Å²) in [6.45, 7) is 7.90. The van der Waals surface area contributed by atoms with Gasteiger partial charge in [0.25, 0.3) is 0 Å². The third-order valence-corrected chi connectivity index (χ3v) is 3.06. The second-order valence-electron chi connectivity index (χ2n) is 4.33. The molecule has 1 fully saturated rings. The van der Waals surface area contributed by atoms with Crippen LogP contribution in [0, 0.1) is 12.3 Å². The standard InChI is InChI=1S/C13H17N3/c1-4-8(2)12(14)11-9(3)15-7-16-13(11)10-5-6-10/h7,10,14H,2,4-6H2,1,3H3. The number of aromatic nitrogens is 2.